The first-order chi connectivity index (χ1) is 11.2. The summed E-state index contributed by atoms with van der Waals surface area (Å²) in [5.74, 6) is -0.489. The van der Waals surface area contributed by atoms with Gasteiger partial charge in [-0.2, -0.15) is 0 Å². The van der Waals surface area contributed by atoms with Gasteiger partial charge < -0.3 is 4.74 Å². The molecule has 0 fully saturated rings. The number of esters is 1. The van der Waals surface area contributed by atoms with Crippen LogP contribution in [0.5, 0.6) is 0 Å². The number of benzene rings is 2. The molecule has 0 amide bonds. The van der Waals surface area contributed by atoms with Gasteiger partial charge in [0.15, 0.2) is 0 Å². The fourth-order valence-electron chi connectivity index (χ4n) is 2.11. The summed E-state index contributed by atoms with van der Waals surface area (Å²) < 4.78 is 30.6. The molecule has 24 heavy (non-hydrogen) atoms. The molecular formula is C18H21NO4S. The summed E-state index contributed by atoms with van der Waals surface area (Å²) in [7, 11) is -0.590. The third-order valence-electron chi connectivity index (χ3n) is 3.70. The van der Waals surface area contributed by atoms with E-state index in [0.29, 0.717) is 5.56 Å². The molecule has 0 N–H and O–H groups in total. The van der Waals surface area contributed by atoms with Crippen LogP contribution in [0.2, 0.25) is 0 Å². The van der Waals surface area contributed by atoms with E-state index >= 15 is 0 Å². The Morgan fingerprint density at radius 2 is 1.54 bits per heavy atom. The maximum atomic E-state index is 12.2. The first kappa shape index (κ1) is 18.2. The topological polar surface area (TPSA) is 63.7 Å². The van der Waals surface area contributed by atoms with Crippen LogP contribution in [0.25, 0.3) is 0 Å². The number of hydrogen-bond donors (Lipinski definition) is 0. The Morgan fingerprint density at radius 3 is 2.04 bits per heavy atom. The Bertz CT molecular complexity index is 809. The molecule has 0 saturated heterocycles. The van der Waals surface area contributed by atoms with Gasteiger partial charge in [-0.3, -0.25) is 0 Å². The first-order valence-electron chi connectivity index (χ1n) is 7.52. The maximum absolute atomic E-state index is 12.2. The SMILES string of the molecule is Cc1ccc(C(C)OC(=O)c2ccc(S(=O)(=O)N(C)C)cc2)cc1. The largest absolute Gasteiger partial charge is 0.454 e. The molecule has 2 aromatic carbocycles. The molecule has 128 valence electrons. The van der Waals surface area contributed by atoms with Crippen LogP contribution in [0.15, 0.2) is 53.4 Å². The van der Waals surface area contributed by atoms with Crippen LogP contribution in [-0.2, 0) is 14.8 Å². The zero-order chi connectivity index (χ0) is 17.9. The lowest BCUT2D eigenvalue weighted by molar-refractivity contribution is 0.0338. The van der Waals surface area contributed by atoms with Gasteiger partial charge in [-0.1, -0.05) is 29.8 Å². The second-order valence-corrected chi connectivity index (χ2v) is 7.92. The molecule has 5 nitrogen and oxygen atoms in total. The Hall–Kier alpha value is -2.18. The Balaban J connectivity index is 2.11. The van der Waals surface area contributed by atoms with E-state index in [9.17, 15) is 13.2 Å². The van der Waals surface area contributed by atoms with Crippen LogP contribution in [0.1, 0.15) is 34.5 Å². The molecule has 0 aromatic heterocycles. The monoisotopic (exact) mass is 347 g/mol. The van der Waals surface area contributed by atoms with Gasteiger partial charge in [0.1, 0.15) is 6.10 Å². The number of rotatable bonds is 5. The van der Waals surface area contributed by atoms with Crippen LogP contribution in [-0.4, -0.2) is 32.8 Å². The molecule has 1 unspecified atom stereocenters. The number of carbonyl (C=O) groups excluding carboxylic acids is 1. The highest BCUT2D eigenvalue weighted by Gasteiger charge is 2.19. The predicted octanol–water partition coefficient (Wildman–Crippen LogP) is 3.16. The Morgan fingerprint density at radius 1 is 1.00 bits per heavy atom. The van der Waals surface area contributed by atoms with Crippen LogP contribution in [0.3, 0.4) is 0 Å². The molecule has 2 aromatic rings. The van der Waals surface area contributed by atoms with E-state index < -0.39 is 16.0 Å². The lowest BCUT2D eigenvalue weighted by atomic mass is 10.1. The van der Waals surface area contributed by atoms with E-state index in [1.165, 1.54) is 38.4 Å². The second kappa shape index (κ2) is 7.15. The summed E-state index contributed by atoms with van der Waals surface area (Å²) >= 11 is 0. The molecule has 6 heteroatoms. The summed E-state index contributed by atoms with van der Waals surface area (Å²) in [5.41, 5.74) is 2.35. The van der Waals surface area contributed by atoms with Crippen LogP contribution in [0, 0.1) is 6.92 Å². The number of aryl methyl sites for hydroxylation is 1. The van der Waals surface area contributed by atoms with E-state index in [2.05, 4.69) is 0 Å². The molecular weight excluding hydrogens is 326 g/mol. The van der Waals surface area contributed by atoms with E-state index in [1.54, 1.807) is 6.92 Å². The third-order valence-corrected chi connectivity index (χ3v) is 5.53. The van der Waals surface area contributed by atoms with Crippen molar-refractivity contribution in [3.63, 3.8) is 0 Å². The van der Waals surface area contributed by atoms with Gasteiger partial charge in [-0.15, -0.1) is 0 Å². The molecule has 0 aliphatic rings. The number of carbonyl (C=O) groups is 1. The van der Waals surface area contributed by atoms with Gasteiger partial charge in [0.25, 0.3) is 0 Å². The number of nitrogens with zero attached hydrogens (tertiary/aromatic N) is 1. The Labute approximate surface area is 142 Å². The fraction of sp³-hybridized carbons (Fsp3) is 0.278. The van der Waals surface area contributed by atoms with Crippen molar-refractivity contribution in [3.05, 3.63) is 65.2 Å². The molecule has 0 bridgehead atoms. The van der Waals surface area contributed by atoms with Crippen molar-refractivity contribution >= 4 is 16.0 Å². The van der Waals surface area contributed by atoms with Gasteiger partial charge in [0.05, 0.1) is 10.5 Å². The van der Waals surface area contributed by atoms with E-state index in [1.807, 2.05) is 31.2 Å². The zero-order valence-electron chi connectivity index (χ0n) is 14.2. The van der Waals surface area contributed by atoms with Crippen molar-refractivity contribution < 1.29 is 17.9 Å². The highest BCUT2D eigenvalue weighted by atomic mass is 32.2. The van der Waals surface area contributed by atoms with Crippen molar-refractivity contribution in [2.45, 2.75) is 24.8 Å². The summed E-state index contributed by atoms with van der Waals surface area (Å²) in [6.07, 6.45) is -0.386. The second-order valence-electron chi connectivity index (χ2n) is 5.77. The highest BCUT2D eigenvalue weighted by Crippen LogP contribution is 2.20. The first-order valence-corrected chi connectivity index (χ1v) is 8.96. The van der Waals surface area contributed by atoms with Crippen molar-refractivity contribution in [1.82, 2.24) is 4.31 Å². The third kappa shape index (κ3) is 4.01. The molecule has 0 heterocycles. The summed E-state index contributed by atoms with van der Waals surface area (Å²) in [5, 5.41) is 0. The van der Waals surface area contributed by atoms with Gasteiger partial charge in [0, 0.05) is 14.1 Å². The van der Waals surface area contributed by atoms with Crippen molar-refractivity contribution in [2.75, 3.05) is 14.1 Å². The quantitative estimate of drug-likeness (QED) is 0.780. The normalized spacial score (nSPS) is 12.9. The van der Waals surface area contributed by atoms with Crippen molar-refractivity contribution in [1.29, 1.82) is 0 Å². The van der Waals surface area contributed by atoms with Crippen LogP contribution in [0.4, 0.5) is 0 Å². The number of hydrogen-bond acceptors (Lipinski definition) is 4. The van der Waals surface area contributed by atoms with Gasteiger partial charge in [0.2, 0.25) is 10.0 Å². The minimum absolute atomic E-state index is 0.135. The fourth-order valence-corrected chi connectivity index (χ4v) is 3.01. The molecule has 0 radical (unpaired) electrons. The average molecular weight is 347 g/mol. The van der Waals surface area contributed by atoms with Gasteiger partial charge >= 0.3 is 5.97 Å². The van der Waals surface area contributed by atoms with Crippen LogP contribution < -0.4 is 0 Å². The summed E-state index contributed by atoms with van der Waals surface area (Å²) in [6, 6.07) is 13.5. The van der Waals surface area contributed by atoms with Crippen LogP contribution >= 0.6 is 0 Å². The number of sulfonamides is 1. The zero-order valence-corrected chi connectivity index (χ0v) is 15.0. The molecule has 0 spiro atoms. The van der Waals surface area contributed by atoms with E-state index in [4.69, 9.17) is 4.74 Å². The average Bonchev–Trinajstić information content (AvgIpc) is 2.55. The van der Waals surface area contributed by atoms with E-state index in [0.717, 1.165) is 15.4 Å². The molecule has 2 rings (SSSR count). The predicted molar refractivity (Wildman–Crippen MR) is 92.3 cm³/mol. The van der Waals surface area contributed by atoms with Gasteiger partial charge in [-0.25, -0.2) is 17.5 Å². The smallest absolute Gasteiger partial charge is 0.338 e. The molecule has 1 atom stereocenters. The standard InChI is InChI=1S/C18H21NO4S/c1-13-5-7-15(8-6-13)14(2)23-18(20)16-9-11-17(12-10-16)24(21,22)19(3)4/h5-12,14H,1-4H3. The summed E-state index contributed by atoms with van der Waals surface area (Å²) in [4.78, 5) is 12.3. The van der Waals surface area contributed by atoms with Crippen molar-refractivity contribution in [3.8, 4) is 0 Å². The lowest BCUT2D eigenvalue weighted by Crippen LogP contribution is -2.22. The lowest BCUT2D eigenvalue weighted by Gasteiger charge is -2.14. The van der Waals surface area contributed by atoms with Crippen molar-refractivity contribution in [2.24, 2.45) is 0 Å². The minimum Gasteiger partial charge on any atom is -0.454 e. The maximum Gasteiger partial charge on any atom is 0.338 e. The Kier molecular flexibility index (Phi) is 5.41. The molecule has 0 aliphatic carbocycles. The van der Waals surface area contributed by atoms with Gasteiger partial charge in [-0.05, 0) is 43.7 Å². The van der Waals surface area contributed by atoms with E-state index in [-0.39, 0.29) is 11.0 Å². The summed E-state index contributed by atoms with van der Waals surface area (Å²) in [6.45, 7) is 3.79. The number of ether oxygens (including phenoxy) is 1. The highest BCUT2D eigenvalue weighted by molar-refractivity contribution is 7.89. The molecule has 0 aliphatic heterocycles. The minimum atomic E-state index is -3.51. The molecule has 0 saturated carbocycles.